The van der Waals surface area contributed by atoms with E-state index in [9.17, 15) is 10.1 Å². The van der Waals surface area contributed by atoms with Crippen LogP contribution >= 0.6 is 35.3 Å². The van der Waals surface area contributed by atoms with Crippen molar-refractivity contribution >= 4 is 57.2 Å². The predicted molar refractivity (Wildman–Crippen MR) is 167 cm³/mol. The number of nitriles is 1. The molecule has 2 unspecified atom stereocenters. The minimum Gasteiger partial charge on any atom is -0.385 e. The van der Waals surface area contributed by atoms with E-state index in [0.29, 0.717) is 41.7 Å². The summed E-state index contributed by atoms with van der Waals surface area (Å²) in [6.07, 6.45) is 8.62. The zero-order chi connectivity index (χ0) is 29.7. The van der Waals surface area contributed by atoms with Gasteiger partial charge in [0.1, 0.15) is 16.7 Å². The number of nitrogens with one attached hydrogen (secondary N) is 3. The standard InChI is InChI=1S/C25H32ClN7OS2.C4H8O/c1-32-8-3-15(4-9-32)18-12-17(36-31-19-11-16(19)5-10-34-2)13-33-20(18)21(26)30-23(33)22(28)35-24(29)25(14-27)6-7-25;1-4(2)3-5/h12-13,15-16,19,28-29,31H,3-11H2,1-2H3;3-4H,1-2H3. The Morgan fingerprint density at radius 3 is 2.63 bits per heavy atom. The number of ether oxygens (including phenoxy) is 1. The first-order valence-electron chi connectivity index (χ1n) is 14.2. The molecule has 2 aromatic rings. The van der Waals surface area contributed by atoms with E-state index in [-0.39, 0.29) is 16.0 Å². The van der Waals surface area contributed by atoms with Crippen molar-refractivity contribution in [2.24, 2.45) is 17.3 Å². The minimum atomic E-state index is -0.721. The molecule has 3 N–H and O–H groups in total. The molecule has 2 aliphatic carbocycles. The number of aromatic nitrogens is 2. The molecular weight excluding hydrogens is 578 g/mol. The van der Waals surface area contributed by atoms with Crippen molar-refractivity contribution in [3.8, 4) is 6.07 Å². The van der Waals surface area contributed by atoms with Crippen LogP contribution in [0.2, 0.25) is 5.15 Å². The maximum atomic E-state index is 9.50. The smallest absolute Gasteiger partial charge is 0.171 e. The molecule has 0 amide bonds. The van der Waals surface area contributed by atoms with Crippen LogP contribution in [0.1, 0.15) is 69.7 Å². The molecule has 3 heterocycles. The van der Waals surface area contributed by atoms with Gasteiger partial charge in [0.25, 0.3) is 0 Å². The largest absolute Gasteiger partial charge is 0.385 e. The van der Waals surface area contributed by atoms with Crippen molar-refractivity contribution < 1.29 is 9.53 Å². The highest BCUT2D eigenvalue weighted by Gasteiger charge is 2.48. The fraction of sp³-hybridized carbons (Fsp3) is 0.621. The number of imidazole rings is 1. The van der Waals surface area contributed by atoms with Crippen LogP contribution in [0, 0.1) is 39.4 Å². The van der Waals surface area contributed by atoms with Crippen LogP contribution in [0.4, 0.5) is 0 Å². The Bertz CT molecular complexity index is 1310. The van der Waals surface area contributed by atoms with E-state index in [4.69, 9.17) is 27.2 Å². The van der Waals surface area contributed by atoms with E-state index in [1.807, 2.05) is 24.4 Å². The highest BCUT2D eigenvalue weighted by atomic mass is 35.5. The molecule has 5 rings (SSSR count). The van der Waals surface area contributed by atoms with Crippen LogP contribution in [-0.2, 0) is 9.53 Å². The van der Waals surface area contributed by atoms with Gasteiger partial charge < -0.3 is 14.4 Å². The molecule has 9 nitrogen and oxygen atoms in total. The molecule has 2 atom stereocenters. The third-order valence-corrected chi connectivity index (χ3v) is 10.0. The SMILES string of the molecule is CC(C)C=O.COCCC1CC1NSc1cc(C2CCN(C)CC2)c2c(Cl)nc(C(=N)SC(=N)C3(C#N)CC3)n2c1. The molecule has 12 heteroatoms. The monoisotopic (exact) mass is 617 g/mol. The summed E-state index contributed by atoms with van der Waals surface area (Å²) in [6, 6.07) is 4.96. The van der Waals surface area contributed by atoms with Gasteiger partial charge in [0.15, 0.2) is 11.0 Å². The summed E-state index contributed by atoms with van der Waals surface area (Å²) in [5.41, 5.74) is 1.31. The molecule has 2 saturated carbocycles. The summed E-state index contributed by atoms with van der Waals surface area (Å²) in [7, 11) is 3.90. The number of nitrogens with zero attached hydrogens (tertiary/aromatic N) is 4. The number of carbonyl (C=O) groups excluding carboxylic acids is 1. The maximum absolute atomic E-state index is 9.50. The molecule has 3 fully saturated rings. The Kier molecular flexibility index (Phi) is 10.9. The Balaban J connectivity index is 0.000000714. The van der Waals surface area contributed by atoms with Crippen LogP contribution in [0.5, 0.6) is 0 Å². The number of pyridine rings is 1. The normalized spacial score (nSPS) is 21.7. The average Bonchev–Trinajstić information content (AvgIpc) is 3.88. The molecular formula is C29H40ClN7O2S2. The van der Waals surface area contributed by atoms with Gasteiger partial charge in [-0.25, -0.2) is 4.98 Å². The van der Waals surface area contributed by atoms with E-state index < -0.39 is 5.41 Å². The lowest BCUT2D eigenvalue weighted by molar-refractivity contribution is -0.110. The van der Waals surface area contributed by atoms with Gasteiger partial charge in [-0.05, 0) is 94.1 Å². The number of methoxy groups -OCH3 is 1. The van der Waals surface area contributed by atoms with Gasteiger partial charge in [-0.2, -0.15) is 5.26 Å². The first-order valence-corrected chi connectivity index (χ1v) is 16.2. The van der Waals surface area contributed by atoms with Crippen LogP contribution in [-0.4, -0.2) is 70.6 Å². The number of rotatable bonds is 10. The Morgan fingerprint density at radius 1 is 1.37 bits per heavy atom. The Labute approximate surface area is 256 Å². The van der Waals surface area contributed by atoms with Crippen molar-refractivity contribution in [2.45, 2.75) is 69.2 Å². The summed E-state index contributed by atoms with van der Waals surface area (Å²) in [6.45, 7) is 6.57. The van der Waals surface area contributed by atoms with Crippen molar-refractivity contribution in [3.63, 3.8) is 0 Å². The highest BCUT2D eigenvalue weighted by Crippen LogP contribution is 2.49. The first kappa shape index (κ1) is 32.0. The molecule has 1 aliphatic heterocycles. The van der Waals surface area contributed by atoms with Gasteiger partial charge in [0.2, 0.25) is 0 Å². The van der Waals surface area contributed by atoms with Gasteiger partial charge in [-0.1, -0.05) is 37.2 Å². The third-order valence-electron chi connectivity index (χ3n) is 7.88. The summed E-state index contributed by atoms with van der Waals surface area (Å²) in [4.78, 5) is 17.5. The van der Waals surface area contributed by atoms with Crippen molar-refractivity contribution in [3.05, 3.63) is 28.8 Å². The summed E-state index contributed by atoms with van der Waals surface area (Å²) in [5.74, 6) is 1.66. The van der Waals surface area contributed by atoms with Gasteiger partial charge in [0, 0.05) is 36.8 Å². The Morgan fingerprint density at radius 2 is 2.05 bits per heavy atom. The number of carbonyl (C=O) groups is 1. The second kappa shape index (κ2) is 14.0. The molecule has 0 spiro atoms. The zero-order valence-corrected chi connectivity index (χ0v) is 26.6. The van der Waals surface area contributed by atoms with Crippen LogP contribution in [0.15, 0.2) is 17.2 Å². The number of fused-ring (bicyclic) bond motifs is 1. The first-order chi connectivity index (χ1) is 19.6. The molecule has 0 bridgehead atoms. The quantitative estimate of drug-likeness (QED) is 0.128. The van der Waals surface area contributed by atoms with E-state index in [1.165, 1.54) is 5.56 Å². The van der Waals surface area contributed by atoms with Crippen molar-refractivity contribution in [2.75, 3.05) is 33.9 Å². The molecule has 0 aromatic carbocycles. The van der Waals surface area contributed by atoms with Crippen LogP contribution in [0.3, 0.4) is 0 Å². The van der Waals surface area contributed by atoms with Gasteiger partial charge in [0.05, 0.1) is 16.6 Å². The second-order valence-corrected chi connectivity index (χ2v) is 13.9. The number of piperidine rings is 1. The fourth-order valence-electron chi connectivity index (χ4n) is 4.91. The number of hydrogen-bond donors (Lipinski definition) is 3. The van der Waals surface area contributed by atoms with Crippen molar-refractivity contribution in [1.29, 1.82) is 16.1 Å². The summed E-state index contributed by atoms with van der Waals surface area (Å²) >= 11 is 9.36. The molecule has 3 aliphatic rings. The minimum absolute atomic E-state index is 0.148. The molecule has 41 heavy (non-hydrogen) atoms. The lowest BCUT2D eigenvalue weighted by Gasteiger charge is -2.30. The number of thioether (sulfide) groups is 1. The van der Waals surface area contributed by atoms with Gasteiger partial charge in [-0.3, -0.25) is 19.9 Å². The topological polar surface area (TPSA) is 130 Å². The summed E-state index contributed by atoms with van der Waals surface area (Å²) < 4.78 is 10.8. The number of halogens is 1. The second-order valence-electron chi connectivity index (χ2n) is 11.6. The third kappa shape index (κ3) is 7.92. The highest BCUT2D eigenvalue weighted by molar-refractivity contribution is 8.26. The molecule has 2 aromatic heterocycles. The van der Waals surface area contributed by atoms with E-state index in [0.717, 1.165) is 73.8 Å². The lowest BCUT2D eigenvalue weighted by atomic mass is 9.89. The van der Waals surface area contributed by atoms with E-state index in [1.54, 1.807) is 19.1 Å². The molecule has 1 saturated heterocycles. The average molecular weight is 618 g/mol. The van der Waals surface area contributed by atoms with E-state index in [2.05, 4.69) is 33.8 Å². The maximum Gasteiger partial charge on any atom is 0.171 e. The van der Waals surface area contributed by atoms with Gasteiger partial charge >= 0.3 is 0 Å². The number of likely N-dealkylation sites (tertiary alicyclic amines) is 1. The molecule has 0 radical (unpaired) electrons. The van der Waals surface area contributed by atoms with E-state index >= 15 is 0 Å². The summed E-state index contributed by atoms with van der Waals surface area (Å²) in [5, 5.41) is 27.4. The van der Waals surface area contributed by atoms with Crippen LogP contribution in [0.25, 0.3) is 5.52 Å². The van der Waals surface area contributed by atoms with Gasteiger partial charge in [-0.15, -0.1) is 0 Å². The number of aldehydes is 1. The van der Waals surface area contributed by atoms with Crippen LogP contribution < -0.4 is 4.72 Å². The zero-order valence-electron chi connectivity index (χ0n) is 24.2. The fourth-order valence-corrected chi connectivity index (χ4v) is 6.99. The number of hydrogen-bond acceptors (Lipinski definition) is 10. The van der Waals surface area contributed by atoms with Crippen molar-refractivity contribution in [1.82, 2.24) is 19.0 Å². The predicted octanol–water partition coefficient (Wildman–Crippen LogP) is 6.00. The lowest BCUT2D eigenvalue weighted by Crippen LogP contribution is -2.29. The molecule has 222 valence electrons. The Hall–Kier alpha value is -1.94.